The summed E-state index contributed by atoms with van der Waals surface area (Å²) in [6, 6.07) is 0.336. The first-order chi connectivity index (χ1) is 8.78. The Morgan fingerprint density at radius 3 is 3.00 bits per heavy atom. The molecular weight excluding hydrogens is 228 g/mol. The van der Waals surface area contributed by atoms with Crippen molar-refractivity contribution >= 4 is 5.91 Å². The number of ether oxygens (including phenoxy) is 1. The van der Waals surface area contributed by atoms with Crippen molar-refractivity contribution in [2.75, 3.05) is 19.7 Å². The average Bonchev–Trinajstić information content (AvgIpc) is 2.55. The number of hydrogen-bond donors (Lipinski definition) is 2. The van der Waals surface area contributed by atoms with Gasteiger partial charge in [-0.15, -0.1) is 0 Å². The summed E-state index contributed by atoms with van der Waals surface area (Å²) in [4.78, 5) is 11.9. The van der Waals surface area contributed by atoms with Crippen LogP contribution in [-0.2, 0) is 9.53 Å². The van der Waals surface area contributed by atoms with Gasteiger partial charge in [0.15, 0.2) is 0 Å². The van der Waals surface area contributed by atoms with Crippen LogP contribution < -0.4 is 10.6 Å². The summed E-state index contributed by atoms with van der Waals surface area (Å²) >= 11 is 0. The third kappa shape index (κ3) is 4.25. The second-order valence-corrected chi connectivity index (χ2v) is 5.58. The van der Waals surface area contributed by atoms with E-state index in [1.807, 2.05) is 6.92 Å². The van der Waals surface area contributed by atoms with Gasteiger partial charge >= 0.3 is 0 Å². The Labute approximate surface area is 110 Å². The Balaban J connectivity index is 1.60. The Kier molecular flexibility index (Phi) is 5.45. The number of hydrogen-bond acceptors (Lipinski definition) is 3. The molecule has 2 fully saturated rings. The molecule has 0 aromatic rings. The van der Waals surface area contributed by atoms with E-state index >= 15 is 0 Å². The van der Waals surface area contributed by atoms with Crippen molar-refractivity contribution in [3.63, 3.8) is 0 Å². The van der Waals surface area contributed by atoms with Crippen LogP contribution in [0, 0.1) is 5.92 Å². The largest absolute Gasteiger partial charge is 0.378 e. The molecule has 1 amide bonds. The molecule has 0 radical (unpaired) electrons. The van der Waals surface area contributed by atoms with Crippen molar-refractivity contribution in [3.05, 3.63) is 0 Å². The van der Waals surface area contributed by atoms with E-state index in [0.29, 0.717) is 24.5 Å². The molecule has 1 saturated carbocycles. The fraction of sp³-hybridized carbons (Fsp3) is 0.929. The van der Waals surface area contributed by atoms with E-state index < -0.39 is 0 Å². The summed E-state index contributed by atoms with van der Waals surface area (Å²) < 4.78 is 5.51. The molecule has 2 rings (SSSR count). The minimum atomic E-state index is 0.226. The zero-order valence-corrected chi connectivity index (χ0v) is 11.4. The quantitative estimate of drug-likeness (QED) is 0.781. The number of nitrogens with one attached hydrogen (secondary N) is 2. The van der Waals surface area contributed by atoms with E-state index in [2.05, 4.69) is 10.6 Å². The second-order valence-electron chi connectivity index (χ2n) is 5.58. The predicted molar refractivity (Wildman–Crippen MR) is 71.4 cm³/mol. The summed E-state index contributed by atoms with van der Waals surface area (Å²) in [5.41, 5.74) is 0. The third-order valence-corrected chi connectivity index (χ3v) is 3.98. The zero-order chi connectivity index (χ0) is 12.8. The highest BCUT2D eigenvalue weighted by Gasteiger charge is 2.31. The molecule has 1 atom stereocenters. The molecule has 2 aliphatic rings. The predicted octanol–water partition coefficient (Wildman–Crippen LogP) is 1.45. The van der Waals surface area contributed by atoms with Crippen molar-refractivity contribution in [3.8, 4) is 0 Å². The third-order valence-electron chi connectivity index (χ3n) is 3.98. The standard InChI is InChI=1S/C14H26N2O2/c1-2-18-13-7-11(8-13)9-14(17)16-12-5-3-4-6-15-10-12/h11-13,15H,2-10H2,1H3,(H,16,17). The summed E-state index contributed by atoms with van der Waals surface area (Å²) in [6.07, 6.45) is 6.77. The van der Waals surface area contributed by atoms with E-state index in [1.165, 1.54) is 12.8 Å². The summed E-state index contributed by atoms with van der Waals surface area (Å²) in [5, 5.41) is 6.54. The van der Waals surface area contributed by atoms with Crippen molar-refractivity contribution in [2.24, 2.45) is 5.92 Å². The van der Waals surface area contributed by atoms with Crippen molar-refractivity contribution in [1.82, 2.24) is 10.6 Å². The normalized spacial score (nSPS) is 32.4. The van der Waals surface area contributed by atoms with E-state index in [-0.39, 0.29) is 5.91 Å². The van der Waals surface area contributed by atoms with Crippen LogP contribution in [0.25, 0.3) is 0 Å². The first kappa shape index (κ1) is 13.8. The van der Waals surface area contributed by atoms with Gasteiger partial charge in [0.2, 0.25) is 5.91 Å². The Morgan fingerprint density at radius 2 is 2.22 bits per heavy atom. The first-order valence-electron chi connectivity index (χ1n) is 7.39. The molecule has 4 nitrogen and oxygen atoms in total. The van der Waals surface area contributed by atoms with Gasteiger partial charge < -0.3 is 15.4 Å². The average molecular weight is 254 g/mol. The summed E-state index contributed by atoms with van der Waals surface area (Å²) in [6.45, 7) is 4.83. The van der Waals surface area contributed by atoms with Crippen molar-refractivity contribution in [2.45, 2.75) is 57.6 Å². The van der Waals surface area contributed by atoms with Crippen LogP contribution in [0.2, 0.25) is 0 Å². The fourth-order valence-corrected chi connectivity index (χ4v) is 2.90. The van der Waals surface area contributed by atoms with Gasteiger partial charge in [-0.2, -0.15) is 0 Å². The maximum Gasteiger partial charge on any atom is 0.220 e. The van der Waals surface area contributed by atoms with Crippen LogP contribution in [0.4, 0.5) is 0 Å². The Hall–Kier alpha value is -0.610. The number of amides is 1. The lowest BCUT2D eigenvalue weighted by Gasteiger charge is -2.34. The van der Waals surface area contributed by atoms with Crippen molar-refractivity contribution < 1.29 is 9.53 Å². The molecule has 1 heterocycles. The van der Waals surface area contributed by atoms with Crippen LogP contribution in [0.5, 0.6) is 0 Å². The fourth-order valence-electron chi connectivity index (χ4n) is 2.90. The van der Waals surface area contributed by atoms with E-state index in [0.717, 1.165) is 39.0 Å². The van der Waals surface area contributed by atoms with Gasteiger partial charge in [-0.25, -0.2) is 0 Å². The molecule has 0 aromatic heterocycles. The van der Waals surface area contributed by atoms with Gasteiger partial charge in [0.05, 0.1) is 6.10 Å². The van der Waals surface area contributed by atoms with E-state index in [9.17, 15) is 4.79 Å². The number of rotatable bonds is 5. The van der Waals surface area contributed by atoms with E-state index in [1.54, 1.807) is 0 Å². The molecule has 4 heteroatoms. The highest BCUT2D eigenvalue weighted by Crippen LogP contribution is 2.32. The minimum Gasteiger partial charge on any atom is -0.378 e. The SMILES string of the molecule is CCOC1CC(CC(=O)NC2CCCCNC2)C1. The molecule has 0 spiro atoms. The van der Waals surface area contributed by atoms with Crippen molar-refractivity contribution in [1.29, 1.82) is 0 Å². The zero-order valence-electron chi connectivity index (χ0n) is 11.4. The summed E-state index contributed by atoms with van der Waals surface area (Å²) in [7, 11) is 0. The van der Waals surface area contributed by atoms with Crippen LogP contribution in [-0.4, -0.2) is 37.7 Å². The van der Waals surface area contributed by atoms with Gasteiger partial charge in [0.1, 0.15) is 0 Å². The molecule has 1 saturated heterocycles. The first-order valence-corrected chi connectivity index (χ1v) is 7.39. The molecule has 104 valence electrons. The van der Waals surface area contributed by atoms with Crippen LogP contribution in [0.3, 0.4) is 0 Å². The number of carbonyl (C=O) groups excluding carboxylic acids is 1. The Morgan fingerprint density at radius 1 is 1.39 bits per heavy atom. The summed E-state index contributed by atoms with van der Waals surface area (Å²) in [5.74, 6) is 0.768. The minimum absolute atomic E-state index is 0.226. The van der Waals surface area contributed by atoms with E-state index in [4.69, 9.17) is 4.74 Å². The van der Waals surface area contributed by atoms with Gasteiger partial charge in [-0.3, -0.25) is 4.79 Å². The van der Waals surface area contributed by atoms with Crippen LogP contribution in [0.15, 0.2) is 0 Å². The molecule has 1 aliphatic heterocycles. The lowest BCUT2D eigenvalue weighted by Crippen LogP contribution is -2.43. The smallest absolute Gasteiger partial charge is 0.220 e. The lowest BCUT2D eigenvalue weighted by molar-refractivity contribution is -0.125. The van der Waals surface area contributed by atoms with Crippen LogP contribution >= 0.6 is 0 Å². The molecule has 1 unspecified atom stereocenters. The highest BCUT2D eigenvalue weighted by atomic mass is 16.5. The molecular formula is C14H26N2O2. The van der Waals surface area contributed by atoms with Gasteiger partial charge in [0, 0.05) is 25.6 Å². The molecule has 18 heavy (non-hydrogen) atoms. The van der Waals surface area contributed by atoms with Gasteiger partial charge in [0.25, 0.3) is 0 Å². The molecule has 2 N–H and O–H groups in total. The lowest BCUT2D eigenvalue weighted by atomic mass is 9.80. The Bertz CT molecular complexity index is 257. The van der Waals surface area contributed by atoms with Gasteiger partial charge in [-0.1, -0.05) is 6.42 Å². The monoisotopic (exact) mass is 254 g/mol. The maximum atomic E-state index is 11.9. The topological polar surface area (TPSA) is 50.4 Å². The van der Waals surface area contributed by atoms with Crippen LogP contribution in [0.1, 0.15) is 45.4 Å². The number of carbonyl (C=O) groups is 1. The molecule has 1 aliphatic carbocycles. The molecule has 0 aromatic carbocycles. The molecule has 0 bridgehead atoms. The second kappa shape index (κ2) is 7.10. The maximum absolute atomic E-state index is 11.9. The highest BCUT2D eigenvalue weighted by molar-refractivity contribution is 5.76. The van der Waals surface area contributed by atoms with Gasteiger partial charge in [-0.05, 0) is 45.1 Å².